The molecule has 0 aliphatic carbocycles. The van der Waals surface area contributed by atoms with Crippen molar-refractivity contribution in [3.8, 4) is 11.8 Å². The summed E-state index contributed by atoms with van der Waals surface area (Å²) in [5.74, 6) is -1.39. The summed E-state index contributed by atoms with van der Waals surface area (Å²) in [6.07, 6.45) is 0.598. The van der Waals surface area contributed by atoms with E-state index in [0.717, 1.165) is 17.0 Å². The van der Waals surface area contributed by atoms with Crippen LogP contribution in [0.5, 0.6) is 0 Å². The number of anilines is 2. The number of nitrogens with two attached hydrogens (primary N) is 1. The molecule has 1 aromatic carbocycles. The lowest BCUT2D eigenvalue weighted by Gasteiger charge is -2.26. The number of methoxy groups -OCH3 is 1. The van der Waals surface area contributed by atoms with E-state index < -0.39 is 23.5 Å². The minimum Gasteiger partial charge on any atom is -0.464 e. The van der Waals surface area contributed by atoms with Crippen molar-refractivity contribution in [2.75, 3.05) is 24.8 Å². The van der Waals surface area contributed by atoms with E-state index in [1.54, 1.807) is 20.8 Å². The van der Waals surface area contributed by atoms with Crippen LogP contribution in [0, 0.1) is 17.1 Å². The van der Waals surface area contributed by atoms with E-state index in [2.05, 4.69) is 0 Å². The van der Waals surface area contributed by atoms with Gasteiger partial charge in [0.2, 0.25) is 0 Å². The minimum absolute atomic E-state index is 0.0376. The number of benzene rings is 1. The molecule has 1 amide bonds. The van der Waals surface area contributed by atoms with E-state index in [0.29, 0.717) is 0 Å². The Balaban J connectivity index is 2.68. The maximum absolute atomic E-state index is 13.9. The van der Waals surface area contributed by atoms with Gasteiger partial charge in [-0.1, -0.05) is 0 Å². The number of esters is 1. The third-order valence-electron chi connectivity index (χ3n) is 3.77. The van der Waals surface area contributed by atoms with E-state index in [9.17, 15) is 19.2 Å². The molecule has 0 aliphatic heterocycles. The van der Waals surface area contributed by atoms with E-state index in [-0.39, 0.29) is 28.3 Å². The van der Waals surface area contributed by atoms with Crippen LogP contribution in [0.4, 0.5) is 20.6 Å². The molecule has 0 bridgehead atoms. The lowest BCUT2D eigenvalue weighted by atomic mass is 10.2. The fourth-order valence-corrected chi connectivity index (χ4v) is 2.50. The van der Waals surface area contributed by atoms with E-state index in [1.165, 1.54) is 31.0 Å². The Bertz CT molecular complexity index is 970. The molecule has 0 unspecified atom stereocenters. The molecule has 0 atom stereocenters. The van der Waals surface area contributed by atoms with Crippen LogP contribution in [0.15, 0.2) is 24.4 Å². The summed E-state index contributed by atoms with van der Waals surface area (Å²) in [4.78, 5) is 25.8. The predicted molar refractivity (Wildman–Crippen MR) is 101 cm³/mol. The quantitative estimate of drug-likeness (QED) is 0.808. The van der Waals surface area contributed by atoms with Gasteiger partial charge in [0, 0.05) is 13.2 Å². The van der Waals surface area contributed by atoms with Gasteiger partial charge in [-0.2, -0.15) is 5.26 Å². The van der Waals surface area contributed by atoms with Gasteiger partial charge in [-0.05, 0) is 39.0 Å². The third-order valence-corrected chi connectivity index (χ3v) is 3.77. The van der Waals surface area contributed by atoms with E-state index in [1.807, 2.05) is 6.07 Å². The molecule has 0 saturated heterocycles. The fourth-order valence-electron chi connectivity index (χ4n) is 2.50. The number of carbonyl (C=O) groups is 2. The number of ether oxygens (including phenoxy) is 2. The van der Waals surface area contributed by atoms with Crippen LogP contribution in [0.3, 0.4) is 0 Å². The number of nitriles is 1. The lowest BCUT2D eigenvalue weighted by Crippen LogP contribution is -2.34. The standard InChI is InChI=1S/C19H21FN4O4/c1-19(2,3)28-18(26)23(4)14-8-12(20)6-7-13(14)24-10-11(9-21)15(22)16(24)17(25)27-5/h6-8,10H,22H2,1-5H3. The molecular formula is C19H21FN4O4. The molecule has 0 saturated carbocycles. The van der Waals surface area contributed by atoms with Gasteiger partial charge in [-0.15, -0.1) is 0 Å². The Labute approximate surface area is 161 Å². The van der Waals surface area contributed by atoms with Gasteiger partial charge < -0.3 is 19.8 Å². The van der Waals surface area contributed by atoms with Gasteiger partial charge >= 0.3 is 12.1 Å². The second-order valence-electron chi connectivity index (χ2n) is 6.95. The van der Waals surface area contributed by atoms with Crippen LogP contribution >= 0.6 is 0 Å². The van der Waals surface area contributed by atoms with Crippen LogP contribution in [0.25, 0.3) is 5.69 Å². The highest BCUT2D eigenvalue weighted by molar-refractivity contribution is 5.97. The summed E-state index contributed by atoms with van der Waals surface area (Å²) in [6, 6.07) is 5.52. The van der Waals surface area contributed by atoms with Crippen molar-refractivity contribution < 1.29 is 23.5 Å². The van der Waals surface area contributed by atoms with Gasteiger partial charge in [-0.3, -0.25) is 4.90 Å². The molecule has 148 valence electrons. The Morgan fingerprint density at radius 3 is 2.50 bits per heavy atom. The molecule has 1 heterocycles. The molecule has 2 rings (SSSR count). The molecule has 0 radical (unpaired) electrons. The maximum atomic E-state index is 13.9. The fraction of sp³-hybridized carbons (Fsp3) is 0.316. The molecule has 28 heavy (non-hydrogen) atoms. The summed E-state index contributed by atoms with van der Waals surface area (Å²) < 4.78 is 25.3. The Hall–Kier alpha value is -3.54. The van der Waals surface area contributed by atoms with Gasteiger partial charge in [0.15, 0.2) is 5.69 Å². The SMILES string of the molecule is COC(=O)c1c(N)c(C#N)cn1-c1ccc(F)cc1N(C)C(=O)OC(C)(C)C. The normalized spacial score (nSPS) is 10.9. The van der Waals surface area contributed by atoms with E-state index >= 15 is 0 Å². The van der Waals surface area contributed by atoms with Crippen molar-refractivity contribution in [2.45, 2.75) is 26.4 Å². The summed E-state index contributed by atoms with van der Waals surface area (Å²) in [6.45, 7) is 5.10. The maximum Gasteiger partial charge on any atom is 0.414 e. The molecule has 0 fully saturated rings. The summed E-state index contributed by atoms with van der Waals surface area (Å²) in [5, 5.41) is 9.26. The van der Waals surface area contributed by atoms with Crippen molar-refractivity contribution in [2.24, 2.45) is 0 Å². The van der Waals surface area contributed by atoms with Crippen LogP contribution in [-0.2, 0) is 9.47 Å². The van der Waals surface area contributed by atoms with Crippen molar-refractivity contribution in [3.63, 3.8) is 0 Å². The molecule has 0 spiro atoms. The zero-order chi connectivity index (χ0) is 21.2. The monoisotopic (exact) mass is 388 g/mol. The largest absolute Gasteiger partial charge is 0.464 e. The first-order chi connectivity index (χ1) is 13.0. The number of nitrogen functional groups attached to an aromatic ring is 1. The van der Waals surface area contributed by atoms with Crippen molar-refractivity contribution >= 4 is 23.4 Å². The molecule has 1 aromatic heterocycles. The average Bonchev–Trinajstić information content (AvgIpc) is 2.95. The molecule has 2 N–H and O–H groups in total. The van der Waals surface area contributed by atoms with Gasteiger partial charge in [0.1, 0.15) is 17.5 Å². The van der Waals surface area contributed by atoms with E-state index in [4.69, 9.17) is 15.2 Å². The highest BCUT2D eigenvalue weighted by atomic mass is 19.1. The molecule has 2 aromatic rings. The molecule has 0 aliphatic rings. The molecular weight excluding hydrogens is 367 g/mol. The van der Waals surface area contributed by atoms with Gasteiger partial charge in [0.05, 0.1) is 29.7 Å². The van der Waals surface area contributed by atoms with Crippen LogP contribution in [-0.4, -0.2) is 36.4 Å². The summed E-state index contributed by atoms with van der Waals surface area (Å²) in [5.41, 5.74) is 5.34. The van der Waals surface area contributed by atoms with Crippen LogP contribution < -0.4 is 10.6 Å². The topological polar surface area (TPSA) is 111 Å². The second-order valence-corrected chi connectivity index (χ2v) is 6.95. The molecule has 8 nitrogen and oxygen atoms in total. The average molecular weight is 388 g/mol. The summed E-state index contributed by atoms with van der Waals surface area (Å²) in [7, 11) is 2.58. The van der Waals surface area contributed by atoms with Crippen LogP contribution in [0.2, 0.25) is 0 Å². The van der Waals surface area contributed by atoms with Crippen molar-refractivity contribution in [1.82, 2.24) is 4.57 Å². The zero-order valence-electron chi connectivity index (χ0n) is 16.2. The first kappa shape index (κ1) is 20.8. The Morgan fingerprint density at radius 2 is 1.96 bits per heavy atom. The number of rotatable bonds is 3. The Kier molecular flexibility index (Phi) is 5.64. The first-order valence-electron chi connectivity index (χ1n) is 8.26. The minimum atomic E-state index is -0.783. The highest BCUT2D eigenvalue weighted by Gasteiger charge is 2.27. The number of aromatic nitrogens is 1. The Morgan fingerprint density at radius 1 is 1.32 bits per heavy atom. The number of carbonyl (C=O) groups excluding carboxylic acids is 2. The number of halogens is 1. The lowest BCUT2D eigenvalue weighted by molar-refractivity contribution is 0.0583. The van der Waals surface area contributed by atoms with Gasteiger partial charge in [-0.25, -0.2) is 14.0 Å². The highest BCUT2D eigenvalue weighted by Crippen LogP contribution is 2.31. The first-order valence-corrected chi connectivity index (χ1v) is 8.26. The smallest absolute Gasteiger partial charge is 0.414 e. The van der Waals surface area contributed by atoms with Crippen molar-refractivity contribution in [3.05, 3.63) is 41.5 Å². The second kappa shape index (κ2) is 7.60. The zero-order valence-corrected chi connectivity index (χ0v) is 16.2. The number of amides is 1. The number of nitrogens with zero attached hydrogens (tertiary/aromatic N) is 3. The summed E-state index contributed by atoms with van der Waals surface area (Å²) >= 11 is 0. The van der Waals surface area contributed by atoms with Gasteiger partial charge in [0.25, 0.3) is 0 Å². The number of hydrogen-bond acceptors (Lipinski definition) is 6. The predicted octanol–water partition coefficient (Wildman–Crippen LogP) is 3.23. The van der Waals surface area contributed by atoms with Crippen LogP contribution in [0.1, 0.15) is 36.8 Å². The molecule has 9 heteroatoms. The number of hydrogen-bond donors (Lipinski definition) is 1. The third kappa shape index (κ3) is 4.06. The van der Waals surface area contributed by atoms with Crippen molar-refractivity contribution in [1.29, 1.82) is 5.26 Å².